The van der Waals surface area contributed by atoms with Gasteiger partial charge in [-0.05, 0) is 68.1 Å². The van der Waals surface area contributed by atoms with E-state index in [4.69, 9.17) is 4.74 Å². The smallest absolute Gasteiger partial charge is 0.240 e. The van der Waals surface area contributed by atoms with Crippen LogP contribution in [0.4, 0.5) is 11.4 Å². The molecule has 2 heterocycles. The highest BCUT2D eigenvalue weighted by molar-refractivity contribution is 7.89. The third kappa shape index (κ3) is 5.26. The third-order valence-electron chi connectivity index (χ3n) is 6.32. The van der Waals surface area contributed by atoms with Crippen LogP contribution in [-0.4, -0.2) is 46.0 Å². The lowest BCUT2D eigenvalue weighted by Gasteiger charge is -2.20. The van der Waals surface area contributed by atoms with Crippen molar-refractivity contribution in [3.63, 3.8) is 0 Å². The SMILES string of the molecule is Cc1cccc(N2C[C@H](C(=O)Nc3ccc(S(=O)(=O)NC[C@@H]4CCCO4)cc3)CC2=O)c1C. The first-order chi connectivity index (χ1) is 15.7. The second-order valence-corrected chi connectivity index (χ2v) is 10.4. The van der Waals surface area contributed by atoms with Crippen LogP contribution >= 0.6 is 0 Å². The molecule has 0 spiro atoms. The number of aryl methyl sites for hydroxylation is 1. The molecule has 176 valence electrons. The van der Waals surface area contributed by atoms with Crippen molar-refractivity contribution in [1.29, 1.82) is 0 Å². The Morgan fingerprint density at radius 3 is 2.61 bits per heavy atom. The summed E-state index contributed by atoms with van der Waals surface area (Å²) in [6, 6.07) is 11.8. The highest BCUT2D eigenvalue weighted by Crippen LogP contribution is 2.30. The molecule has 2 N–H and O–H groups in total. The van der Waals surface area contributed by atoms with Gasteiger partial charge >= 0.3 is 0 Å². The van der Waals surface area contributed by atoms with Crippen LogP contribution in [0.5, 0.6) is 0 Å². The molecule has 2 saturated heterocycles. The van der Waals surface area contributed by atoms with Crippen molar-refractivity contribution in [3.8, 4) is 0 Å². The predicted octanol–water partition coefficient (Wildman–Crippen LogP) is 2.75. The van der Waals surface area contributed by atoms with E-state index in [-0.39, 0.29) is 35.8 Å². The number of ether oxygens (including phenoxy) is 1. The summed E-state index contributed by atoms with van der Waals surface area (Å²) in [5, 5.41) is 2.80. The number of amides is 2. The average molecular weight is 472 g/mol. The van der Waals surface area contributed by atoms with Gasteiger partial charge in [-0.25, -0.2) is 13.1 Å². The highest BCUT2D eigenvalue weighted by atomic mass is 32.2. The van der Waals surface area contributed by atoms with Crippen molar-refractivity contribution in [3.05, 3.63) is 53.6 Å². The lowest BCUT2D eigenvalue weighted by molar-refractivity contribution is -0.122. The summed E-state index contributed by atoms with van der Waals surface area (Å²) in [7, 11) is -3.66. The zero-order valence-electron chi connectivity index (χ0n) is 18.8. The Kier molecular flexibility index (Phi) is 6.83. The molecule has 0 saturated carbocycles. The second-order valence-electron chi connectivity index (χ2n) is 8.62. The quantitative estimate of drug-likeness (QED) is 0.646. The number of hydrogen-bond donors (Lipinski definition) is 2. The number of nitrogens with one attached hydrogen (secondary N) is 2. The number of sulfonamides is 1. The molecule has 0 radical (unpaired) electrons. The molecule has 0 aromatic heterocycles. The van der Waals surface area contributed by atoms with Gasteiger partial charge in [0, 0.05) is 37.5 Å². The number of hydrogen-bond acceptors (Lipinski definition) is 5. The van der Waals surface area contributed by atoms with Gasteiger partial charge in [0.15, 0.2) is 0 Å². The largest absolute Gasteiger partial charge is 0.377 e. The second kappa shape index (κ2) is 9.62. The summed E-state index contributed by atoms with van der Waals surface area (Å²) in [5.74, 6) is -0.820. The zero-order valence-corrected chi connectivity index (χ0v) is 19.7. The number of rotatable bonds is 7. The minimum absolute atomic E-state index is 0.0809. The normalized spacial score (nSPS) is 20.9. The lowest BCUT2D eigenvalue weighted by atomic mass is 10.1. The first-order valence-electron chi connectivity index (χ1n) is 11.1. The molecule has 0 bridgehead atoms. The van der Waals surface area contributed by atoms with Gasteiger partial charge in [0.2, 0.25) is 21.8 Å². The topological polar surface area (TPSA) is 105 Å². The third-order valence-corrected chi connectivity index (χ3v) is 7.76. The Balaban J connectivity index is 1.36. The van der Waals surface area contributed by atoms with E-state index in [9.17, 15) is 18.0 Å². The number of benzene rings is 2. The van der Waals surface area contributed by atoms with E-state index in [0.717, 1.165) is 29.7 Å². The molecule has 2 aliphatic rings. The number of carbonyl (C=O) groups is 2. The van der Waals surface area contributed by atoms with Crippen LogP contribution in [-0.2, 0) is 24.3 Å². The van der Waals surface area contributed by atoms with Gasteiger partial charge in [0.25, 0.3) is 0 Å². The lowest BCUT2D eigenvalue weighted by Crippen LogP contribution is -2.31. The van der Waals surface area contributed by atoms with Gasteiger partial charge in [-0.3, -0.25) is 9.59 Å². The molecule has 2 aromatic carbocycles. The van der Waals surface area contributed by atoms with E-state index in [2.05, 4.69) is 10.0 Å². The average Bonchev–Trinajstić information content (AvgIpc) is 3.45. The molecule has 8 nitrogen and oxygen atoms in total. The molecule has 2 aromatic rings. The van der Waals surface area contributed by atoms with E-state index in [0.29, 0.717) is 18.8 Å². The zero-order chi connectivity index (χ0) is 23.6. The molecule has 0 aliphatic carbocycles. The maximum Gasteiger partial charge on any atom is 0.240 e. The fourth-order valence-electron chi connectivity index (χ4n) is 4.20. The van der Waals surface area contributed by atoms with Crippen LogP contribution in [0.15, 0.2) is 47.4 Å². The molecular weight excluding hydrogens is 442 g/mol. The number of anilines is 2. The first kappa shape index (κ1) is 23.4. The molecule has 2 amide bonds. The van der Waals surface area contributed by atoms with Crippen molar-refractivity contribution in [2.24, 2.45) is 5.92 Å². The molecule has 2 aliphatic heterocycles. The van der Waals surface area contributed by atoms with Crippen molar-refractivity contribution < 1.29 is 22.7 Å². The number of nitrogens with zero attached hydrogens (tertiary/aromatic N) is 1. The standard InChI is InChI=1S/C24H29N3O5S/c1-16-5-3-7-22(17(16)2)27-15-18(13-23(27)28)24(29)26-19-8-10-21(11-9-19)33(30,31)25-14-20-6-4-12-32-20/h3,5,7-11,18,20,25H,4,6,12-15H2,1-2H3,(H,26,29)/t18-,20+/m1/s1. The molecule has 33 heavy (non-hydrogen) atoms. The van der Waals surface area contributed by atoms with Gasteiger partial charge in [-0.15, -0.1) is 0 Å². The molecule has 2 atom stereocenters. The summed E-state index contributed by atoms with van der Waals surface area (Å²) in [5.41, 5.74) is 3.43. The summed E-state index contributed by atoms with van der Waals surface area (Å²) >= 11 is 0. The summed E-state index contributed by atoms with van der Waals surface area (Å²) in [6.07, 6.45) is 1.84. The Labute approximate surface area is 194 Å². The highest BCUT2D eigenvalue weighted by Gasteiger charge is 2.35. The number of carbonyl (C=O) groups excluding carboxylic acids is 2. The first-order valence-corrected chi connectivity index (χ1v) is 12.6. The summed E-state index contributed by atoms with van der Waals surface area (Å²) < 4.78 is 33.0. The monoisotopic (exact) mass is 471 g/mol. The van der Waals surface area contributed by atoms with Crippen LogP contribution in [0.3, 0.4) is 0 Å². The molecule has 2 fully saturated rings. The van der Waals surface area contributed by atoms with E-state index in [1.165, 1.54) is 12.1 Å². The molecule has 4 rings (SSSR count). The predicted molar refractivity (Wildman–Crippen MR) is 126 cm³/mol. The van der Waals surface area contributed by atoms with Gasteiger partial charge in [0.05, 0.1) is 16.9 Å². The summed E-state index contributed by atoms with van der Waals surface area (Å²) in [6.45, 7) is 5.18. The van der Waals surface area contributed by atoms with Crippen LogP contribution < -0.4 is 14.9 Å². The van der Waals surface area contributed by atoms with Gasteiger partial charge in [-0.2, -0.15) is 0 Å². The van der Waals surface area contributed by atoms with Crippen LogP contribution in [0, 0.1) is 19.8 Å². The van der Waals surface area contributed by atoms with E-state index in [1.54, 1.807) is 17.0 Å². The van der Waals surface area contributed by atoms with Crippen LogP contribution in [0.1, 0.15) is 30.4 Å². The van der Waals surface area contributed by atoms with Crippen molar-refractivity contribution in [2.45, 2.75) is 44.1 Å². The van der Waals surface area contributed by atoms with Crippen molar-refractivity contribution in [2.75, 3.05) is 29.9 Å². The molecular formula is C24H29N3O5S. The fourth-order valence-corrected chi connectivity index (χ4v) is 5.26. The maximum atomic E-state index is 12.8. The van der Waals surface area contributed by atoms with Gasteiger partial charge < -0.3 is 15.0 Å². The van der Waals surface area contributed by atoms with Crippen molar-refractivity contribution >= 4 is 33.2 Å². The Morgan fingerprint density at radius 2 is 1.91 bits per heavy atom. The van der Waals surface area contributed by atoms with Crippen molar-refractivity contribution in [1.82, 2.24) is 4.72 Å². The van der Waals surface area contributed by atoms with E-state index < -0.39 is 15.9 Å². The van der Waals surface area contributed by atoms with E-state index >= 15 is 0 Å². The minimum Gasteiger partial charge on any atom is -0.377 e. The Morgan fingerprint density at radius 1 is 1.15 bits per heavy atom. The summed E-state index contributed by atoms with van der Waals surface area (Å²) in [4.78, 5) is 27.2. The van der Waals surface area contributed by atoms with E-state index in [1.807, 2.05) is 32.0 Å². The fraction of sp³-hybridized carbons (Fsp3) is 0.417. The van der Waals surface area contributed by atoms with Crippen LogP contribution in [0.2, 0.25) is 0 Å². The Bertz CT molecular complexity index is 1140. The molecule has 9 heteroatoms. The van der Waals surface area contributed by atoms with Crippen LogP contribution in [0.25, 0.3) is 0 Å². The van der Waals surface area contributed by atoms with Gasteiger partial charge in [-0.1, -0.05) is 12.1 Å². The Hall–Kier alpha value is -2.75. The van der Waals surface area contributed by atoms with Gasteiger partial charge in [0.1, 0.15) is 0 Å². The molecule has 0 unspecified atom stereocenters. The maximum absolute atomic E-state index is 12.8. The minimum atomic E-state index is -3.66.